The van der Waals surface area contributed by atoms with Gasteiger partial charge in [0, 0.05) is 12.7 Å². The van der Waals surface area contributed by atoms with Gasteiger partial charge in [-0.1, -0.05) is 6.92 Å². The lowest BCUT2D eigenvalue weighted by molar-refractivity contribution is -0.117. The number of nitrogens with one attached hydrogen (secondary N) is 1. The van der Waals surface area contributed by atoms with Crippen LogP contribution in [0.25, 0.3) is 0 Å². The molecule has 1 N–H and O–H groups in total. The van der Waals surface area contributed by atoms with E-state index < -0.39 is 0 Å². The van der Waals surface area contributed by atoms with Crippen LogP contribution in [0.3, 0.4) is 0 Å². The van der Waals surface area contributed by atoms with Crippen LogP contribution in [0.15, 0.2) is 24.3 Å². The molecule has 0 aliphatic rings. The first-order valence-corrected chi connectivity index (χ1v) is 4.88. The standard InChI is InChI=1S/C11H15FN2O/c1-3-13-8-11(15)14(2)10-6-4-9(12)5-7-10/h4-7,13H,3,8H2,1-2H3. The number of likely N-dealkylation sites (N-methyl/N-ethyl adjacent to an activating group) is 2. The summed E-state index contributed by atoms with van der Waals surface area (Å²) in [6, 6.07) is 5.84. The second-order valence-corrected chi connectivity index (χ2v) is 3.21. The van der Waals surface area contributed by atoms with Gasteiger partial charge in [-0.3, -0.25) is 4.79 Å². The molecule has 4 heteroatoms. The van der Waals surface area contributed by atoms with Crippen molar-refractivity contribution in [2.24, 2.45) is 0 Å². The van der Waals surface area contributed by atoms with Crippen molar-refractivity contribution in [3.8, 4) is 0 Å². The highest BCUT2D eigenvalue weighted by molar-refractivity contribution is 5.94. The molecule has 0 spiro atoms. The van der Waals surface area contributed by atoms with Gasteiger partial charge in [0.05, 0.1) is 6.54 Å². The van der Waals surface area contributed by atoms with Crippen molar-refractivity contribution in [1.29, 1.82) is 0 Å². The van der Waals surface area contributed by atoms with Crippen molar-refractivity contribution in [3.63, 3.8) is 0 Å². The third-order valence-electron chi connectivity index (χ3n) is 2.11. The molecule has 0 fully saturated rings. The van der Waals surface area contributed by atoms with Crippen LogP contribution in [0.1, 0.15) is 6.92 Å². The summed E-state index contributed by atoms with van der Waals surface area (Å²) < 4.78 is 12.6. The van der Waals surface area contributed by atoms with E-state index in [2.05, 4.69) is 5.32 Å². The van der Waals surface area contributed by atoms with Gasteiger partial charge in [0.15, 0.2) is 0 Å². The third kappa shape index (κ3) is 3.32. The summed E-state index contributed by atoms with van der Waals surface area (Å²) in [6.45, 7) is 2.98. The molecule has 0 heterocycles. The molecular weight excluding hydrogens is 195 g/mol. The van der Waals surface area contributed by atoms with E-state index in [0.29, 0.717) is 12.2 Å². The highest BCUT2D eigenvalue weighted by Gasteiger charge is 2.09. The number of hydrogen-bond donors (Lipinski definition) is 1. The van der Waals surface area contributed by atoms with Crippen molar-refractivity contribution in [2.75, 3.05) is 25.0 Å². The molecule has 0 saturated heterocycles. The summed E-state index contributed by atoms with van der Waals surface area (Å²) >= 11 is 0. The van der Waals surface area contributed by atoms with Gasteiger partial charge in [-0.15, -0.1) is 0 Å². The van der Waals surface area contributed by atoms with E-state index in [4.69, 9.17) is 0 Å². The molecule has 15 heavy (non-hydrogen) atoms. The van der Waals surface area contributed by atoms with Crippen molar-refractivity contribution < 1.29 is 9.18 Å². The maximum atomic E-state index is 12.6. The van der Waals surface area contributed by atoms with Crippen molar-refractivity contribution in [2.45, 2.75) is 6.92 Å². The van der Waals surface area contributed by atoms with Crippen LogP contribution in [0.2, 0.25) is 0 Å². The number of halogens is 1. The number of anilines is 1. The van der Waals surface area contributed by atoms with E-state index in [0.717, 1.165) is 6.54 Å². The molecule has 1 amide bonds. The fourth-order valence-electron chi connectivity index (χ4n) is 1.16. The van der Waals surface area contributed by atoms with Crippen molar-refractivity contribution in [3.05, 3.63) is 30.1 Å². The molecule has 1 aromatic carbocycles. The maximum Gasteiger partial charge on any atom is 0.240 e. The van der Waals surface area contributed by atoms with Crippen LogP contribution in [0.4, 0.5) is 10.1 Å². The zero-order valence-corrected chi connectivity index (χ0v) is 8.96. The molecule has 3 nitrogen and oxygen atoms in total. The monoisotopic (exact) mass is 210 g/mol. The summed E-state index contributed by atoms with van der Waals surface area (Å²) in [5.41, 5.74) is 0.694. The quantitative estimate of drug-likeness (QED) is 0.814. The summed E-state index contributed by atoms with van der Waals surface area (Å²) in [7, 11) is 1.67. The van der Waals surface area contributed by atoms with Gasteiger partial charge in [0.2, 0.25) is 5.91 Å². The minimum atomic E-state index is -0.300. The first-order chi connectivity index (χ1) is 7.15. The minimum absolute atomic E-state index is 0.0385. The lowest BCUT2D eigenvalue weighted by Gasteiger charge is -2.17. The number of carbonyl (C=O) groups is 1. The van der Waals surface area contributed by atoms with E-state index in [9.17, 15) is 9.18 Å². The van der Waals surface area contributed by atoms with Gasteiger partial charge in [0.25, 0.3) is 0 Å². The second kappa shape index (κ2) is 5.46. The number of nitrogens with zero attached hydrogens (tertiary/aromatic N) is 1. The highest BCUT2D eigenvalue weighted by Crippen LogP contribution is 2.12. The predicted molar refractivity (Wildman–Crippen MR) is 58.4 cm³/mol. The first-order valence-electron chi connectivity index (χ1n) is 4.88. The Kier molecular flexibility index (Phi) is 4.24. The average Bonchev–Trinajstić information content (AvgIpc) is 2.26. The Bertz CT molecular complexity index is 324. The van der Waals surface area contributed by atoms with Gasteiger partial charge in [-0.05, 0) is 30.8 Å². The maximum absolute atomic E-state index is 12.6. The molecule has 0 unspecified atom stereocenters. The van der Waals surface area contributed by atoms with E-state index >= 15 is 0 Å². The fourth-order valence-corrected chi connectivity index (χ4v) is 1.16. The van der Waals surface area contributed by atoms with Crippen molar-refractivity contribution >= 4 is 11.6 Å². The largest absolute Gasteiger partial charge is 0.314 e. The van der Waals surface area contributed by atoms with Crippen LogP contribution in [-0.4, -0.2) is 26.0 Å². The minimum Gasteiger partial charge on any atom is -0.314 e. The average molecular weight is 210 g/mol. The third-order valence-corrected chi connectivity index (χ3v) is 2.11. The molecule has 0 aromatic heterocycles. The number of carbonyl (C=O) groups excluding carboxylic acids is 1. The summed E-state index contributed by atoms with van der Waals surface area (Å²) in [5, 5.41) is 2.94. The summed E-state index contributed by atoms with van der Waals surface area (Å²) in [4.78, 5) is 13.1. The molecule has 0 saturated carbocycles. The van der Waals surface area contributed by atoms with Gasteiger partial charge >= 0.3 is 0 Å². The topological polar surface area (TPSA) is 32.3 Å². The normalized spacial score (nSPS) is 10.1. The Labute approximate surface area is 88.9 Å². The smallest absolute Gasteiger partial charge is 0.240 e. The van der Waals surface area contributed by atoms with Crippen LogP contribution in [-0.2, 0) is 4.79 Å². The van der Waals surface area contributed by atoms with Gasteiger partial charge in [-0.25, -0.2) is 4.39 Å². The Morgan fingerprint density at radius 1 is 1.40 bits per heavy atom. The van der Waals surface area contributed by atoms with Gasteiger partial charge < -0.3 is 10.2 Å². The Morgan fingerprint density at radius 2 is 2.00 bits per heavy atom. The molecule has 0 radical (unpaired) electrons. The lowest BCUT2D eigenvalue weighted by Crippen LogP contribution is -2.35. The highest BCUT2D eigenvalue weighted by atomic mass is 19.1. The molecule has 1 aromatic rings. The van der Waals surface area contributed by atoms with Crippen LogP contribution in [0.5, 0.6) is 0 Å². The molecule has 0 bridgehead atoms. The second-order valence-electron chi connectivity index (χ2n) is 3.21. The summed E-state index contributed by atoms with van der Waals surface area (Å²) in [6.07, 6.45) is 0. The number of hydrogen-bond acceptors (Lipinski definition) is 2. The predicted octanol–water partition coefficient (Wildman–Crippen LogP) is 1.40. The Morgan fingerprint density at radius 3 is 2.53 bits per heavy atom. The molecule has 1 rings (SSSR count). The number of rotatable bonds is 4. The SMILES string of the molecule is CCNCC(=O)N(C)c1ccc(F)cc1. The zero-order valence-electron chi connectivity index (χ0n) is 8.96. The molecule has 0 aliphatic carbocycles. The van der Waals surface area contributed by atoms with Gasteiger partial charge in [-0.2, -0.15) is 0 Å². The number of benzene rings is 1. The Hall–Kier alpha value is -1.42. The molecule has 0 atom stereocenters. The molecular formula is C11H15FN2O. The van der Waals surface area contributed by atoms with Crippen LogP contribution in [0, 0.1) is 5.82 Å². The van der Waals surface area contributed by atoms with Crippen LogP contribution >= 0.6 is 0 Å². The molecule has 0 aliphatic heterocycles. The lowest BCUT2D eigenvalue weighted by atomic mass is 10.3. The number of amides is 1. The Balaban J connectivity index is 2.63. The zero-order chi connectivity index (χ0) is 11.3. The molecule has 82 valence electrons. The fraction of sp³-hybridized carbons (Fsp3) is 0.364. The van der Waals surface area contributed by atoms with E-state index in [-0.39, 0.29) is 11.7 Å². The van der Waals surface area contributed by atoms with E-state index in [1.54, 1.807) is 19.2 Å². The van der Waals surface area contributed by atoms with Crippen LogP contribution < -0.4 is 10.2 Å². The first kappa shape index (κ1) is 11.7. The van der Waals surface area contributed by atoms with Crippen molar-refractivity contribution in [1.82, 2.24) is 5.32 Å². The summed E-state index contributed by atoms with van der Waals surface area (Å²) in [5.74, 6) is -0.338. The van der Waals surface area contributed by atoms with Gasteiger partial charge in [0.1, 0.15) is 5.82 Å². The van der Waals surface area contributed by atoms with E-state index in [1.807, 2.05) is 6.92 Å². The van der Waals surface area contributed by atoms with E-state index in [1.165, 1.54) is 17.0 Å².